The highest BCUT2D eigenvalue weighted by Gasteiger charge is 2.36. The number of carboxylic acids is 1. The molecule has 0 radical (unpaired) electrons. The highest BCUT2D eigenvalue weighted by Crippen LogP contribution is 2.21. The molecule has 0 saturated heterocycles. The number of aliphatic carboxylic acids is 1. The molecule has 0 fully saturated rings. The van der Waals surface area contributed by atoms with E-state index in [1.54, 1.807) is 53.7 Å². The molecule has 5 atom stereocenters. The van der Waals surface area contributed by atoms with E-state index in [9.17, 15) is 43.5 Å². The largest absolute Gasteiger partial charge is 0.480 e. The zero-order chi connectivity index (χ0) is 50.3. The summed E-state index contributed by atoms with van der Waals surface area (Å²) in [6.07, 6.45) is 1.82. The number of hydrogen-bond donors (Lipinski definition) is 8. The molecule has 0 aliphatic carbocycles. The number of alkyl carbamates (subject to hydrolysis) is 1. The molecule has 2 rings (SSSR count). The van der Waals surface area contributed by atoms with Crippen LogP contribution in [0.15, 0.2) is 48.5 Å². The van der Waals surface area contributed by atoms with Gasteiger partial charge in [0.05, 0.1) is 12.5 Å². The zero-order valence-electron chi connectivity index (χ0n) is 41.0. The minimum atomic E-state index is -1.58. The van der Waals surface area contributed by atoms with Gasteiger partial charge in [0.15, 0.2) is 0 Å². The summed E-state index contributed by atoms with van der Waals surface area (Å²) in [5.41, 5.74) is 2.96. The second-order valence-corrected chi connectivity index (χ2v) is 18.4. The molecule has 0 aromatic heterocycles. The van der Waals surface area contributed by atoms with Crippen molar-refractivity contribution in [1.29, 1.82) is 0 Å². The number of nitrogens with one attached hydrogen (secondary N) is 7. The van der Waals surface area contributed by atoms with E-state index in [2.05, 4.69) is 68.4 Å². The van der Waals surface area contributed by atoms with Crippen molar-refractivity contribution in [2.24, 2.45) is 11.8 Å². The minimum Gasteiger partial charge on any atom is -0.480 e. The second-order valence-electron chi connectivity index (χ2n) is 18.4. The number of aryl methyl sites for hydroxylation is 1. The van der Waals surface area contributed by atoms with E-state index >= 15 is 0 Å². The number of unbranched alkanes of at least 4 members (excludes halogenated alkanes) is 2. The van der Waals surface area contributed by atoms with Crippen LogP contribution < -0.4 is 37.2 Å². The topological polar surface area (TPSA) is 259 Å². The molecule has 8 N–H and O–H groups in total. The van der Waals surface area contributed by atoms with Crippen LogP contribution in [0.3, 0.4) is 0 Å². The van der Waals surface area contributed by atoms with Gasteiger partial charge in [0, 0.05) is 38.7 Å². The Balaban J connectivity index is 2.24. The Labute approximate surface area is 395 Å². The third-order valence-electron chi connectivity index (χ3n) is 10.4. The number of carboxylic acid groups (broad SMARTS) is 1. The van der Waals surface area contributed by atoms with Gasteiger partial charge in [-0.25, -0.2) is 9.59 Å². The summed E-state index contributed by atoms with van der Waals surface area (Å²) < 4.78 is 11.2. The Morgan fingerprint density at radius 1 is 0.672 bits per heavy atom. The van der Waals surface area contributed by atoms with Crippen LogP contribution in [0.4, 0.5) is 4.79 Å². The first-order valence-electron chi connectivity index (χ1n) is 23.2. The van der Waals surface area contributed by atoms with Crippen molar-refractivity contribution >= 4 is 47.5 Å². The van der Waals surface area contributed by atoms with Gasteiger partial charge in [-0.15, -0.1) is 0 Å². The number of rotatable bonds is 28. The van der Waals surface area contributed by atoms with Gasteiger partial charge in [-0.1, -0.05) is 77.4 Å². The maximum Gasteiger partial charge on any atom is 0.407 e. The summed E-state index contributed by atoms with van der Waals surface area (Å²) >= 11 is 0. The molecule has 67 heavy (non-hydrogen) atoms. The first-order valence-corrected chi connectivity index (χ1v) is 23.2. The zero-order valence-corrected chi connectivity index (χ0v) is 41.0. The second kappa shape index (κ2) is 28.9. The Morgan fingerprint density at radius 2 is 1.27 bits per heavy atom. The normalized spacial score (nSPS) is 13.6. The SMILES string of the molecule is CCCCc1ccc(-c2ccc(C(=O)NCCC(=O)N[C@@H](CCCCNC(=O)OC(C)(C)C)C(=O)N[C@H](C(=O)N[C@H](C(=O)N[C@@H](CC(=O)NC)C(=O)O)C(C)C)[C@@H](C)OCC(C)C)cc2)cc1. The van der Waals surface area contributed by atoms with Gasteiger partial charge in [0.1, 0.15) is 29.8 Å². The molecule has 2 aromatic rings. The van der Waals surface area contributed by atoms with E-state index in [1.165, 1.54) is 12.6 Å². The number of hydrogen-bond acceptors (Lipinski definition) is 10. The monoisotopic (exact) mass is 938 g/mol. The van der Waals surface area contributed by atoms with Crippen LogP contribution in [0.1, 0.15) is 123 Å². The van der Waals surface area contributed by atoms with Gasteiger partial charge in [-0.2, -0.15) is 0 Å². The third-order valence-corrected chi connectivity index (χ3v) is 10.4. The lowest BCUT2D eigenvalue weighted by molar-refractivity contribution is -0.144. The maximum absolute atomic E-state index is 14.1. The molecule has 372 valence electrons. The summed E-state index contributed by atoms with van der Waals surface area (Å²) in [4.78, 5) is 104. The summed E-state index contributed by atoms with van der Waals surface area (Å²) in [6.45, 7) is 16.4. The van der Waals surface area contributed by atoms with Crippen LogP contribution in [0.25, 0.3) is 11.1 Å². The number of ether oxygens (including phenoxy) is 2. The van der Waals surface area contributed by atoms with E-state index in [-0.39, 0.29) is 44.4 Å². The molecule has 0 heterocycles. The number of amides is 7. The van der Waals surface area contributed by atoms with Crippen molar-refractivity contribution in [3.63, 3.8) is 0 Å². The Hall–Kier alpha value is -6.04. The van der Waals surface area contributed by atoms with E-state index in [4.69, 9.17) is 9.47 Å². The fourth-order valence-corrected chi connectivity index (χ4v) is 6.58. The van der Waals surface area contributed by atoms with Gasteiger partial charge >= 0.3 is 12.1 Å². The predicted molar refractivity (Wildman–Crippen MR) is 255 cm³/mol. The van der Waals surface area contributed by atoms with Crippen LogP contribution >= 0.6 is 0 Å². The van der Waals surface area contributed by atoms with Crippen molar-refractivity contribution < 1.29 is 52.9 Å². The average molecular weight is 938 g/mol. The highest BCUT2D eigenvalue weighted by molar-refractivity contribution is 5.97. The van der Waals surface area contributed by atoms with Crippen molar-refractivity contribution in [2.45, 2.75) is 150 Å². The Morgan fingerprint density at radius 3 is 1.82 bits per heavy atom. The Bertz CT molecular complexity index is 1930. The maximum atomic E-state index is 14.1. The van der Waals surface area contributed by atoms with Crippen LogP contribution in [-0.4, -0.2) is 115 Å². The van der Waals surface area contributed by atoms with E-state index < -0.39 is 89.8 Å². The van der Waals surface area contributed by atoms with Crippen LogP contribution in [0, 0.1) is 11.8 Å². The van der Waals surface area contributed by atoms with Crippen molar-refractivity contribution in [2.75, 3.05) is 26.7 Å². The molecule has 18 nitrogen and oxygen atoms in total. The fourth-order valence-electron chi connectivity index (χ4n) is 6.58. The summed E-state index contributed by atoms with van der Waals surface area (Å²) in [7, 11) is 1.33. The quantitative estimate of drug-likeness (QED) is 0.0555. The molecule has 0 saturated carbocycles. The van der Waals surface area contributed by atoms with Crippen LogP contribution in [0.2, 0.25) is 0 Å². The lowest BCUT2D eigenvalue weighted by Gasteiger charge is -2.30. The highest BCUT2D eigenvalue weighted by atomic mass is 16.6. The van der Waals surface area contributed by atoms with Crippen molar-refractivity contribution in [1.82, 2.24) is 37.2 Å². The molecule has 0 aliphatic rings. The third kappa shape index (κ3) is 21.9. The van der Waals surface area contributed by atoms with Crippen molar-refractivity contribution in [3.05, 3.63) is 59.7 Å². The smallest absolute Gasteiger partial charge is 0.407 e. The molecule has 0 bridgehead atoms. The van der Waals surface area contributed by atoms with E-state index in [1.807, 2.05) is 26.0 Å². The molecule has 18 heteroatoms. The van der Waals surface area contributed by atoms with Crippen LogP contribution in [0.5, 0.6) is 0 Å². The van der Waals surface area contributed by atoms with Crippen LogP contribution in [-0.2, 0) is 44.7 Å². The first-order chi connectivity index (χ1) is 31.5. The summed E-state index contributed by atoms with van der Waals surface area (Å²) in [6, 6.07) is 10.0. The van der Waals surface area contributed by atoms with E-state index in [0.717, 1.165) is 30.4 Å². The molecular weight excluding hydrogens is 863 g/mol. The standard InChI is InChI=1S/C49H75N7O11/c1-11-12-15-33-17-19-34(20-18-33)35-21-23-36(24-22-35)43(59)51-27-25-39(57)53-37(16-13-14-26-52-48(65)67-49(7,8)9)44(60)56-42(32(6)66-29-30(2)3)46(62)55-41(31(4)5)45(61)54-38(47(63)64)28-40(58)50-10/h17-24,30-32,37-38,41-42H,11-16,25-29H2,1-10H3,(H,50,58)(H,51,59)(H,52,65)(H,53,57)(H,54,61)(H,55,62)(H,56,60)(H,63,64)/t32-,37+,38+,41+,42+/m1/s1. The Kier molecular flexibility index (Phi) is 24.6. The minimum absolute atomic E-state index is 0.0449. The predicted octanol–water partition coefficient (Wildman–Crippen LogP) is 4.39. The molecule has 0 spiro atoms. The number of carbonyl (C=O) groups is 8. The van der Waals surface area contributed by atoms with Gasteiger partial charge < -0.3 is 51.8 Å². The van der Waals surface area contributed by atoms with Crippen molar-refractivity contribution in [3.8, 4) is 11.1 Å². The molecule has 0 unspecified atom stereocenters. The molecule has 0 aliphatic heterocycles. The number of benzene rings is 2. The fraction of sp³-hybridized carbons (Fsp3) is 0.592. The lowest BCUT2D eigenvalue weighted by atomic mass is 10.0. The van der Waals surface area contributed by atoms with E-state index in [0.29, 0.717) is 18.4 Å². The molecule has 7 amide bonds. The lowest BCUT2D eigenvalue weighted by Crippen LogP contribution is -2.61. The molecular formula is C49H75N7O11. The van der Waals surface area contributed by atoms with Gasteiger partial charge in [-0.3, -0.25) is 28.8 Å². The van der Waals surface area contributed by atoms with Gasteiger partial charge in [0.25, 0.3) is 5.91 Å². The average Bonchev–Trinajstić information content (AvgIpc) is 3.26. The molecule has 2 aromatic carbocycles. The number of carbonyl (C=O) groups excluding carboxylic acids is 7. The summed E-state index contributed by atoms with van der Waals surface area (Å²) in [5, 5.41) is 27.8. The first kappa shape index (κ1) is 57.1. The van der Waals surface area contributed by atoms with Gasteiger partial charge in [-0.05, 0) is 100 Å². The summed E-state index contributed by atoms with van der Waals surface area (Å²) in [5.74, 6) is -5.96. The van der Waals surface area contributed by atoms with Gasteiger partial charge in [0.2, 0.25) is 29.5 Å².